The van der Waals surface area contributed by atoms with Crippen LogP contribution in [0.4, 0.5) is 5.82 Å². The number of hydrogen-bond acceptors (Lipinski definition) is 6. The molecule has 1 atom stereocenters. The number of fused-ring (bicyclic) bond motifs is 2. The summed E-state index contributed by atoms with van der Waals surface area (Å²) in [6, 6.07) is 6.02. The molecular formula is C17H18N6OS. The Morgan fingerprint density at radius 3 is 3.16 bits per heavy atom. The minimum Gasteiger partial charge on any atom is -0.354 e. The summed E-state index contributed by atoms with van der Waals surface area (Å²) >= 11 is 1.80. The maximum absolute atomic E-state index is 12.9. The predicted molar refractivity (Wildman–Crippen MR) is 94.5 cm³/mol. The topological polar surface area (TPSA) is 66.6 Å². The summed E-state index contributed by atoms with van der Waals surface area (Å²) < 4.78 is 1.67. The first kappa shape index (κ1) is 14.8. The van der Waals surface area contributed by atoms with E-state index in [0.29, 0.717) is 0 Å². The van der Waals surface area contributed by atoms with Gasteiger partial charge in [-0.2, -0.15) is 4.52 Å². The van der Waals surface area contributed by atoms with Gasteiger partial charge in [-0.05, 0) is 42.0 Å². The molecule has 0 saturated carbocycles. The molecule has 3 aromatic rings. The molecule has 25 heavy (non-hydrogen) atoms. The second-order valence-electron chi connectivity index (χ2n) is 6.64. The molecule has 5 rings (SSSR count). The van der Waals surface area contributed by atoms with Gasteiger partial charge in [-0.15, -0.1) is 26.6 Å². The highest BCUT2D eigenvalue weighted by molar-refractivity contribution is 7.10. The summed E-state index contributed by atoms with van der Waals surface area (Å²) in [4.78, 5) is 18.6. The Balaban J connectivity index is 1.29. The van der Waals surface area contributed by atoms with Crippen LogP contribution in [0.25, 0.3) is 5.65 Å². The van der Waals surface area contributed by atoms with Crippen LogP contribution in [0.15, 0.2) is 29.9 Å². The zero-order valence-corrected chi connectivity index (χ0v) is 14.5. The Kier molecular flexibility index (Phi) is 3.44. The number of aromatic nitrogens is 4. The molecule has 2 aliphatic heterocycles. The van der Waals surface area contributed by atoms with Gasteiger partial charge in [0, 0.05) is 31.1 Å². The number of anilines is 1. The number of amides is 1. The van der Waals surface area contributed by atoms with Crippen molar-refractivity contribution in [2.24, 2.45) is 5.92 Å². The molecule has 5 heterocycles. The number of hydrogen-bond donors (Lipinski definition) is 0. The van der Waals surface area contributed by atoms with Crippen molar-refractivity contribution in [3.8, 4) is 0 Å². The zero-order valence-electron chi connectivity index (χ0n) is 13.7. The third-order valence-electron chi connectivity index (χ3n) is 5.13. The quantitative estimate of drug-likeness (QED) is 0.699. The Morgan fingerprint density at radius 1 is 1.24 bits per heavy atom. The van der Waals surface area contributed by atoms with Gasteiger partial charge in [0.15, 0.2) is 5.65 Å². The molecule has 1 saturated heterocycles. The summed E-state index contributed by atoms with van der Waals surface area (Å²) in [5.74, 6) is 1.21. The van der Waals surface area contributed by atoms with E-state index in [1.165, 1.54) is 10.4 Å². The third-order valence-corrected chi connectivity index (χ3v) is 6.15. The molecule has 3 aromatic heterocycles. The number of carbonyl (C=O) groups is 1. The third kappa shape index (κ3) is 2.57. The minimum absolute atomic E-state index is 0.0543. The summed E-state index contributed by atoms with van der Waals surface area (Å²) in [5, 5.41) is 14.5. The second-order valence-corrected chi connectivity index (χ2v) is 7.64. The fourth-order valence-corrected chi connectivity index (χ4v) is 4.64. The van der Waals surface area contributed by atoms with Crippen LogP contribution in [0.2, 0.25) is 0 Å². The molecule has 1 fully saturated rings. The highest BCUT2D eigenvalue weighted by Crippen LogP contribution is 2.28. The maximum Gasteiger partial charge on any atom is 0.227 e. The van der Waals surface area contributed by atoms with Crippen LogP contribution in [0.1, 0.15) is 16.9 Å². The van der Waals surface area contributed by atoms with Gasteiger partial charge >= 0.3 is 0 Å². The van der Waals surface area contributed by atoms with E-state index >= 15 is 0 Å². The first-order valence-corrected chi connectivity index (χ1v) is 9.42. The van der Waals surface area contributed by atoms with Crippen molar-refractivity contribution in [2.75, 3.05) is 24.5 Å². The molecule has 0 bridgehead atoms. The molecule has 2 aliphatic rings. The van der Waals surface area contributed by atoms with Crippen LogP contribution in [0.5, 0.6) is 0 Å². The Hall–Kier alpha value is -2.48. The summed E-state index contributed by atoms with van der Waals surface area (Å²) in [7, 11) is 0. The van der Waals surface area contributed by atoms with Crippen LogP contribution in [0, 0.1) is 5.92 Å². The van der Waals surface area contributed by atoms with Crippen LogP contribution < -0.4 is 4.90 Å². The SMILES string of the molecule is O=C(C1CCN(c2ccc3nncn3n2)C1)N1CCc2sccc2C1. The highest BCUT2D eigenvalue weighted by Gasteiger charge is 2.33. The van der Waals surface area contributed by atoms with Gasteiger partial charge in [0.05, 0.1) is 5.92 Å². The standard InChI is InChI=1S/C17H18N6OS/c24-17(22-7-4-14-12(9-22)5-8-25-14)13-3-6-21(10-13)16-2-1-15-19-18-11-23(15)20-16/h1-2,5,8,11,13H,3-4,6-7,9-10H2. The molecule has 0 N–H and O–H groups in total. The van der Waals surface area contributed by atoms with Gasteiger partial charge in [-0.25, -0.2) is 0 Å². The van der Waals surface area contributed by atoms with Crippen molar-refractivity contribution in [3.05, 3.63) is 40.3 Å². The van der Waals surface area contributed by atoms with Gasteiger partial charge < -0.3 is 9.80 Å². The van der Waals surface area contributed by atoms with Gasteiger partial charge in [-0.3, -0.25) is 4.79 Å². The lowest BCUT2D eigenvalue weighted by molar-refractivity contribution is -0.135. The van der Waals surface area contributed by atoms with Crippen molar-refractivity contribution in [1.82, 2.24) is 24.7 Å². The fourth-order valence-electron chi connectivity index (χ4n) is 3.75. The normalized spacial score (nSPS) is 20.2. The minimum atomic E-state index is 0.0543. The van der Waals surface area contributed by atoms with E-state index < -0.39 is 0 Å². The van der Waals surface area contributed by atoms with E-state index in [1.54, 1.807) is 22.2 Å². The van der Waals surface area contributed by atoms with E-state index in [0.717, 1.165) is 50.5 Å². The molecule has 0 spiro atoms. The van der Waals surface area contributed by atoms with E-state index in [1.807, 2.05) is 17.0 Å². The lowest BCUT2D eigenvalue weighted by atomic mass is 10.0. The Labute approximate surface area is 148 Å². The summed E-state index contributed by atoms with van der Waals surface area (Å²) in [5.41, 5.74) is 2.05. The number of thiophene rings is 1. The zero-order chi connectivity index (χ0) is 16.8. The van der Waals surface area contributed by atoms with Crippen molar-refractivity contribution < 1.29 is 4.79 Å². The van der Waals surface area contributed by atoms with Crippen LogP contribution in [-0.2, 0) is 17.8 Å². The van der Waals surface area contributed by atoms with Crippen LogP contribution in [0.3, 0.4) is 0 Å². The number of nitrogens with zero attached hydrogens (tertiary/aromatic N) is 6. The summed E-state index contributed by atoms with van der Waals surface area (Å²) in [6.45, 7) is 3.19. The first-order valence-electron chi connectivity index (χ1n) is 8.54. The van der Waals surface area contributed by atoms with E-state index in [-0.39, 0.29) is 11.8 Å². The van der Waals surface area contributed by atoms with E-state index in [9.17, 15) is 4.79 Å². The molecule has 1 amide bonds. The molecule has 0 radical (unpaired) electrons. The predicted octanol–water partition coefficient (Wildman–Crippen LogP) is 1.60. The van der Waals surface area contributed by atoms with Crippen molar-refractivity contribution in [1.29, 1.82) is 0 Å². The molecule has 0 aromatic carbocycles. The van der Waals surface area contributed by atoms with E-state index in [2.05, 4.69) is 31.6 Å². The molecule has 128 valence electrons. The maximum atomic E-state index is 12.9. The molecular weight excluding hydrogens is 336 g/mol. The molecule has 1 unspecified atom stereocenters. The largest absolute Gasteiger partial charge is 0.354 e. The summed E-state index contributed by atoms with van der Waals surface area (Å²) in [6.07, 6.45) is 3.47. The van der Waals surface area contributed by atoms with Crippen LogP contribution in [-0.4, -0.2) is 50.3 Å². The number of carbonyl (C=O) groups excluding carboxylic acids is 1. The van der Waals surface area contributed by atoms with Crippen molar-refractivity contribution in [3.63, 3.8) is 0 Å². The second kappa shape index (κ2) is 5.80. The monoisotopic (exact) mass is 354 g/mol. The highest BCUT2D eigenvalue weighted by atomic mass is 32.1. The lowest BCUT2D eigenvalue weighted by Gasteiger charge is -2.29. The first-order chi connectivity index (χ1) is 12.3. The van der Waals surface area contributed by atoms with Crippen molar-refractivity contribution >= 4 is 28.7 Å². The van der Waals surface area contributed by atoms with Gasteiger partial charge in [0.2, 0.25) is 5.91 Å². The van der Waals surface area contributed by atoms with E-state index in [4.69, 9.17) is 0 Å². The van der Waals surface area contributed by atoms with Gasteiger partial charge in [0.1, 0.15) is 12.1 Å². The smallest absolute Gasteiger partial charge is 0.227 e. The average molecular weight is 354 g/mol. The molecule has 7 nitrogen and oxygen atoms in total. The van der Waals surface area contributed by atoms with Gasteiger partial charge in [-0.1, -0.05) is 0 Å². The lowest BCUT2D eigenvalue weighted by Crippen LogP contribution is -2.40. The van der Waals surface area contributed by atoms with Crippen molar-refractivity contribution in [2.45, 2.75) is 19.4 Å². The Morgan fingerprint density at radius 2 is 2.20 bits per heavy atom. The van der Waals surface area contributed by atoms with Gasteiger partial charge in [0.25, 0.3) is 0 Å². The average Bonchev–Trinajstić information content (AvgIpc) is 3.39. The molecule has 0 aliphatic carbocycles. The molecule has 8 heteroatoms. The Bertz CT molecular complexity index is 934. The fraction of sp³-hybridized carbons (Fsp3) is 0.412. The van der Waals surface area contributed by atoms with Crippen LogP contribution >= 0.6 is 11.3 Å². The number of rotatable bonds is 2.